The van der Waals surface area contributed by atoms with E-state index in [0.717, 1.165) is 16.5 Å². The molecular formula is C24H23N3O2. The number of aromatic hydroxyl groups is 1. The lowest BCUT2D eigenvalue weighted by molar-refractivity contribution is 0.374. The maximum absolute atomic E-state index is 10.2. The summed E-state index contributed by atoms with van der Waals surface area (Å²) in [5, 5.41) is 14.4. The van der Waals surface area contributed by atoms with E-state index in [1.807, 2.05) is 25.1 Å². The van der Waals surface area contributed by atoms with Crippen molar-refractivity contribution in [3.05, 3.63) is 78.1 Å². The van der Waals surface area contributed by atoms with E-state index in [4.69, 9.17) is 4.74 Å². The minimum Gasteiger partial charge on any atom is -0.504 e. The van der Waals surface area contributed by atoms with Gasteiger partial charge in [-0.15, -0.1) is 0 Å². The number of hydrogen-bond donors (Lipinski definition) is 2. The SMILES string of the molecule is COc1cc2nc(C)nc(N[C@H](C)c3ccc(-c4ccccc4)cc3)c2cc1O. The van der Waals surface area contributed by atoms with E-state index in [0.29, 0.717) is 17.4 Å². The standard InChI is InChI=1S/C24H23N3O2/c1-15(17-9-11-19(12-10-17)18-7-5-4-6-8-18)25-24-20-13-22(28)23(29-3)14-21(20)26-16(2)27-24/h4-15,28H,1-3H3,(H,25,26,27)/t15-/m1/s1. The summed E-state index contributed by atoms with van der Waals surface area (Å²) < 4.78 is 5.20. The Morgan fingerprint density at radius 2 is 1.62 bits per heavy atom. The molecule has 146 valence electrons. The van der Waals surface area contributed by atoms with Gasteiger partial charge in [0.15, 0.2) is 11.5 Å². The van der Waals surface area contributed by atoms with Gasteiger partial charge in [0, 0.05) is 17.5 Å². The predicted molar refractivity (Wildman–Crippen MR) is 116 cm³/mol. The van der Waals surface area contributed by atoms with Crippen LogP contribution in [-0.4, -0.2) is 22.2 Å². The van der Waals surface area contributed by atoms with Crippen LogP contribution in [0.4, 0.5) is 5.82 Å². The van der Waals surface area contributed by atoms with Crippen molar-refractivity contribution < 1.29 is 9.84 Å². The minimum absolute atomic E-state index is 0.0292. The van der Waals surface area contributed by atoms with Gasteiger partial charge in [0.25, 0.3) is 0 Å². The average Bonchev–Trinajstić information content (AvgIpc) is 2.74. The first kappa shape index (κ1) is 18.7. The third-order valence-corrected chi connectivity index (χ3v) is 4.98. The van der Waals surface area contributed by atoms with Crippen LogP contribution < -0.4 is 10.1 Å². The molecule has 1 aromatic heterocycles. The Morgan fingerprint density at radius 1 is 0.931 bits per heavy atom. The van der Waals surface area contributed by atoms with Crippen molar-refractivity contribution in [2.75, 3.05) is 12.4 Å². The summed E-state index contributed by atoms with van der Waals surface area (Å²) in [6.45, 7) is 3.94. The number of phenols is 1. The van der Waals surface area contributed by atoms with E-state index in [1.165, 1.54) is 18.2 Å². The number of phenolic OH excluding ortho intramolecular Hbond substituents is 1. The molecule has 0 amide bonds. The number of aromatic nitrogens is 2. The largest absolute Gasteiger partial charge is 0.504 e. The number of hydrogen-bond acceptors (Lipinski definition) is 5. The second-order valence-electron chi connectivity index (χ2n) is 7.01. The molecule has 29 heavy (non-hydrogen) atoms. The number of ether oxygens (including phenoxy) is 1. The third-order valence-electron chi connectivity index (χ3n) is 4.98. The molecule has 0 saturated carbocycles. The van der Waals surface area contributed by atoms with Crippen LogP contribution in [0.1, 0.15) is 24.4 Å². The first-order valence-electron chi connectivity index (χ1n) is 9.52. The zero-order valence-electron chi connectivity index (χ0n) is 16.7. The van der Waals surface area contributed by atoms with Crippen LogP contribution in [0, 0.1) is 6.92 Å². The molecule has 0 fully saturated rings. The Hall–Kier alpha value is -3.60. The Bertz CT molecular complexity index is 1140. The number of nitrogens with one attached hydrogen (secondary N) is 1. The lowest BCUT2D eigenvalue weighted by Crippen LogP contribution is -2.09. The lowest BCUT2D eigenvalue weighted by Gasteiger charge is -2.18. The summed E-state index contributed by atoms with van der Waals surface area (Å²) in [6, 6.07) is 22.2. The molecule has 0 radical (unpaired) electrons. The fourth-order valence-electron chi connectivity index (χ4n) is 3.42. The normalized spacial score (nSPS) is 12.0. The Labute approximate surface area is 170 Å². The monoisotopic (exact) mass is 385 g/mol. The van der Waals surface area contributed by atoms with Crippen LogP contribution in [0.5, 0.6) is 11.5 Å². The molecule has 0 saturated heterocycles. The summed E-state index contributed by atoms with van der Waals surface area (Å²) in [6.07, 6.45) is 0. The second-order valence-corrected chi connectivity index (χ2v) is 7.01. The highest BCUT2D eigenvalue weighted by molar-refractivity contribution is 5.91. The molecule has 4 rings (SSSR count). The Balaban J connectivity index is 1.63. The van der Waals surface area contributed by atoms with E-state index < -0.39 is 0 Å². The molecular weight excluding hydrogens is 362 g/mol. The maximum atomic E-state index is 10.2. The molecule has 0 aliphatic rings. The lowest BCUT2D eigenvalue weighted by atomic mass is 10.0. The van der Waals surface area contributed by atoms with Gasteiger partial charge in [0.1, 0.15) is 11.6 Å². The molecule has 3 aromatic carbocycles. The molecule has 0 spiro atoms. The van der Waals surface area contributed by atoms with Crippen molar-refractivity contribution >= 4 is 16.7 Å². The Kier molecular flexibility index (Phi) is 5.04. The van der Waals surface area contributed by atoms with Gasteiger partial charge in [0.05, 0.1) is 12.6 Å². The fraction of sp³-hybridized carbons (Fsp3) is 0.167. The van der Waals surface area contributed by atoms with Crippen molar-refractivity contribution in [2.45, 2.75) is 19.9 Å². The average molecular weight is 385 g/mol. The van der Waals surface area contributed by atoms with E-state index in [9.17, 15) is 5.11 Å². The fourth-order valence-corrected chi connectivity index (χ4v) is 3.42. The molecule has 5 heteroatoms. The van der Waals surface area contributed by atoms with Gasteiger partial charge in [-0.25, -0.2) is 9.97 Å². The molecule has 1 heterocycles. The van der Waals surface area contributed by atoms with Crippen molar-refractivity contribution in [2.24, 2.45) is 0 Å². The second kappa shape index (κ2) is 7.80. The van der Waals surface area contributed by atoms with Gasteiger partial charge in [-0.1, -0.05) is 54.6 Å². The number of nitrogens with zero attached hydrogens (tertiary/aromatic N) is 2. The molecule has 0 bridgehead atoms. The third kappa shape index (κ3) is 3.85. The number of fused-ring (bicyclic) bond motifs is 1. The summed E-state index contributed by atoms with van der Waals surface area (Å²) >= 11 is 0. The van der Waals surface area contributed by atoms with Gasteiger partial charge in [0.2, 0.25) is 0 Å². The van der Waals surface area contributed by atoms with E-state index in [1.54, 1.807) is 12.1 Å². The number of methoxy groups -OCH3 is 1. The predicted octanol–water partition coefficient (Wildman–Crippen LogP) is 5.49. The van der Waals surface area contributed by atoms with Crippen LogP contribution in [0.25, 0.3) is 22.0 Å². The number of benzene rings is 3. The summed E-state index contributed by atoms with van der Waals surface area (Å²) in [4.78, 5) is 9.02. The van der Waals surface area contributed by atoms with Crippen molar-refractivity contribution in [3.8, 4) is 22.6 Å². The zero-order valence-corrected chi connectivity index (χ0v) is 16.7. The van der Waals surface area contributed by atoms with Gasteiger partial charge in [-0.2, -0.15) is 0 Å². The quantitative estimate of drug-likeness (QED) is 0.475. The topological polar surface area (TPSA) is 67.3 Å². The number of anilines is 1. The van der Waals surface area contributed by atoms with Crippen LogP contribution in [0.2, 0.25) is 0 Å². The zero-order chi connectivity index (χ0) is 20.4. The van der Waals surface area contributed by atoms with Gasteiger partial charge in [-0.3, -0.25) is 0 Å². The molecule has 1 atom stereocenters. The summed E-state index contributed by atoms with van der Waals surface area (Å²) in [7, 11) is 1.52. The van der Waals surface area contributed by atoms with Crippen LogP contribution in [0.3, 0.4) is 0 Å². The van der Waals surface area contributed by atoms with Crippen LogP contribution in [-0.2, 0) is 0 Å². The highest BCUT2D eigenvalue weighted by Gasteiger charge is 2.14. The minimum atomic E-state index is 0.0292. The molecule has 0 unspecified atom stereocenters. The highest BCUT2D eigenvalue weighted by Crippen LogP contribution is 2.34. The Morgan fingerprint density at radius 3 is 2.31 bits per heavy atom. The van der Waals surface area contributed by atoms with Crippen molar-refractivity contribution in [1.29, 1.82) is 0 Å². The van der Waals surface area contributed by atoms with Gasteiger partial charge >= 0.3 is 0 Å². The van der Waals surface area contributed by atoms with E-state index >= 15 is 0 Å². The first-order valence-corrected chi connectivity index (χ1v) is 9.52. The summed E-state index contributed by atoms with van der Waals surface area (Å²) in [5.74, 6) is 1.80. The van der Waals surface area contributed by atoms with E-state index in [-0.39, 0.29) is 11.8 Å². The highest BCUT2D eigenvalue weighted by atomic mass is 16.5. The van der Waals surface area contributed by atoms with Crippen molar-refractivity contribution in [3.63, 3.8) is 0 Å². The van der Waals surface area contributed by atoms with Gasteiger partial charge < -0.3 is 15.2 Å². The molecule has 0 aliphatic carbocycles. The maximum Gasteiger partial charge on any atom is 0.162 e. The number of aryl methyl sites for hydroxylation is 1. The molecule has 5 nitrogen and oxygen atoms in total. The molecule has 4 aromatic rings. The van der Waals surface area contributed by atoms with Crippen LogP contribution in [0.15, 0.2) is 66.7 Å². The van der Waals surface area contributed by atoms with Gasteiger partial charge in [-0.05, 0) is 36.6 Å². The summed E-state index contributed by atoms with van der Waals surface area (Å²) in [5.41, 5.74) is 4.25. The first-order chi connectivity index (χ1) is 14.0. The smallest absolute Gasteiger partial charge is 0.162 e. The molecule has 0 aliphatic heterocycles. The molecule has 2 N–H and O–H groups in total. The number of rotatable bonds is 5. The van der Waals surface area contributed by atoms with Crippen LogP contribution >= 0.6 is 0 Å². The van der Waals surface area contributed by atoms with E-state index in [2.05, 4.69) is 58.6 Å². The van der Waals surface area contributed by atoms with Crippen molar-refractivity contribution in [1.82, 2.24) is 9.97 Å².